The van der Waals surface area contributed by atoms with E-state index in [0.29, 0.717) is 36.7 Å². The number of ketones is 1. The fourth-order valence-electron chi connectivity index (χ4n) is 2.11. The second-order valence-corrected chi connectivity index (χ2v) is 4.61. The maximum atomic E-state index is 12.3. The lowest BCUT2D eigenvalue weighted by Gasteiger charge is -2.12. The van der Waals surface area contributed by atoms with Crippen molar-refractivity contribution < 1.29 is 14.3 Å². The van der Waals surface area contributed by atoms with E-state index in [-0.39, 0.29) is 5.78 Å². The van der Waals surface area contributed by atoms with Crippen LogP contribution in [-0.2, 0) is 6.42 Å². The first-order valence-corrected chi connectivity index (χ1v) is 7.21. The van der Waals surface area contributed by atoms with E-state index in [1.54, 1.807) is 18.2 Å². The molecule has 2 aromatic carbocycles. The molecule has 0 bridgehead atoms. The Morgan fingerprint density at radius 3 is 2.24 bits per heavy atom. The first-order chi connectivity index (χ1) is 10.2. The summed E-state index contributed by atoms with van der Waals surface area (Å²) < 4.78 is 11.1. The predicted molar refractivity (Wildman–Crippen MR) is 83.3 cm³/mol. The van der Waals surface area contributed by atoms with Gasteiger partial charge in [-0.25, -0.2) is 0 Å². The highest BCUT2D eigenvalue weighted by Crippen LogP contribution is 2.29. The van der Waals surface area contributed by atoms with E-state index in [9.17, 15) is 4.79 Å². The summed E-state index contributed by atoms with van der Waals surface area (Å²) >= 11 is 0. The quantitative estimate of drug-likeness (QED) is 0.723. The van der Waals surface area contributed by atoms with Gasteiger partial charge in [0.25, 0.3) is 0 Å². The van der Waals surface area contributed by atoms with Gasteiger partial charge in [0.05, 0.1) is 13.2 Å². The molecule has 0 amide bonds. The van der Waals surface area contributed by atoms with Crippen molar-refractivity contribution >= 4 is 5.78 Å². The molecule has 3 heteroatoms. The molecule has 2 aromatic rings. The van der Waals surface area contributed by atoms with E-state index >= 15 is 0 Å². The molecule has 0 fully saturated rings. The van der Waals surface area contributed by atoms with Crippen LogP contribution in [0, 0.1) is 0 Å². The highest BCUT2D eigenvalue weighted by molar-refractivity contribution is 5.98. The largest absolute Gasteiger partial charge is 0.490 e. The van der Waals surface area contributed by atoms with Gasteiger partial charge in [-0.2, -0.15) is 0 Å². The number of ether oxygens (including phenoxy) is 2. The van der Waals surface area contributed by atoms with Gasteiger partial charge in [-0.3, -0.25) is 4.79 Å². The van der Waals surface area contributed by atoms with Crippen molar-refractivity contribution in [2.45, 2.75) is 20.3 Å². The van der Waals surface area contributed by atoms with Crippen LogP contribution in [0.4, 0.5) is 0 Å². The smallest absolute Gasteiger partial charge is 0.167 e. The molecular formula is C18H20O3. The summed E-state index contributed by atoms with van der Waals surface area (Å²) in [5.74, 6) is 1.37. The zero-order chi connectivity index (χ0) is 15.1. The number of carbonyl (C=O) groups excluding carboxylic acids is 1. The first-order valence-electron chi connectivity index (χ1n) is 7.21. The molecule has 110 valence electrons. The molecule has 0 spiro atoms. The third-order valence-electron chi connectivity index (χ3n) is 3.07. The SMILES string of the molecule is CCOc1ccc(C(=O)Cc2ccccc2)cc1OCC. The summed E-state index contributed by atoms with van der Waals surface area (Å²) in [7, 11) is 0. The molecule has 0 aliphatic carbocycles. The Morgan fingerprint density at radius 1 is 0.905 bits per heavy atom. The average Bonchev–Trinajstić information content (AvgIpc) is 2.50. The van der Waals surface area contributed by atoms with E-state index in [1.165, 1.54) is 0 Å². The second-order valence-electron chi connectivity index (χ2n) is 4.61. The van der Waals surface area contributed by atoms with Crippen molar-refractivity contribution in [2.24, 2.45) is 0 Å². The van der Waals surface area contributed by atoms with E-state index in [4.69, 9.17) is 9.47 Å². The molecule has 0 unspecified atom stereocenters. The molecule has 0 aliphatic rings. The topological polar surface area (TPSA) is 35.5 Å². The molecule has 0 saturated carbocycles. The lowest BCUT2D eigenvalue weighted by Crippen LogP contribution is -2.05. The molecule has 0 aliphatic heterocycles. The number of hydrogen-bond acceptors (Lipinski definition) is 3. The van der Waals surface area contributed by atoms with Gasteiger partial charge < -0.3 is 9.47 Å². The number of rotatable bonds is 7. The van der Waals surface area contributed by atoms with Crippen molar-refractivity contribution in [1.29, 1.82) is 0 Å². The minimum atomic E-state index is 0.0743. The van der Waals surface area contributed by atoms with Gasteiger partial charge in [0, 0.05) is 12.0 Å². The third kappa shape index (κ3) is 4.09. The highest BCUT2D eigenvalue weighted by atomic mass is 16.5. The predicted octanol–water partition coefficient (Wildman–Crippen LogP) is 3.91. The zero-order valence-electron chi connectivity index (χ0n) is 12.5. The Hall–Kier alpha value is -2.29. The molecule has 21 heavy (non-hydrogen) atoms. The Kier molecular flexibility index (Phi) is 5.38. The van der Waals surface area contributed by atoms with Crippen molar-refractivity contribution in [2.75, 3.05) is 13.2 Å². The normalized spacial score (nSPS) is 10.2. The van der Waals surface area contributed by atoms with Crippen LogP contribution in [0.25, 0.3) is 0 Å². The van der Waals surface area contributed by atoms with Gasteiger partial charge in [-0.05, 0) is 37.6 Å². The molecule has 0 N–H and O–H groups in total. The molecule has 0 saturated heterocycles. The number of benzene rings is 2. The van der Waals surface area contributed by atoms with Crippen LogP contribution in [0.1, 0.15) is 29.8 Å². The van der Waals surface area contributed by atoms with Gasteiger partial charge in [0.1, 0.15) is 0 Å². The number of hydrogen-bond donors (Lipinski definition) is 0. The van der Waals surface area contributed by atoms with E-state index in [2.05, 4.69) is 0 Å². The minimum absolute atomic E-state index is 0.0743. The summed E-state index contributed by atoms with van der Waals surface area (Å²) in [6.07, 6.45) is 0.389. The Labute approximate surface area is 125 Å². The highest BCUT2D eigenvalue weighted by Gasteiger charge is 2.12. The van der Waals surface area contributed by atoms with Crippen LogP contribution >= 0.6 is 0 Å². The summed E-state index contributed by atoms with van der Waals surface area (Å²) in [6, 6.07) is 15.1. The lowest BCUT2D eigenvalue weighted by atomic mass is 10.0. The van der Waals surface area contributed by atoms with E-state index in [1.807, 2.05) is 44.2 Å². The summed E-state index contributed by atoms with van der Waals surface area (Å²) in [5.41, 5.74) is 1.65. The van der Waals surface area contributed by atoms with Crippen molar-refractivity contribution in [3.63, 3.8) is 0 Å². The molecule has 0 heterocycles. The van der Waals surface area contributed by atoms with Gasteiger partial charge in [0.15, 0.2) is 17.3 Å². The van der Waals surface area contributed by atoms with Gasteiger partial charge >= 0.3 is 0 Å². The van der Waals surface area contributed by atoms with E-state index in [0.717, 1.165) is 5.56 Å². The van der Waals surface area contributed by atoms with Crippen molar-refractivity contribution in [3.05, 3.63) is 59.7 Å². The Morgan fingerprint density at radius 2 is 1.57 bits per heavy atom. The second kappa shape index (κ2) is 7.48. The van der Waals surface area contributed by atoms with Crippen molar-refractivity contribution in [3.8, 4) is 11.5 Å². The first kappa shape index (κ1) is 15.1. The van der Waals surface area contributed by atoms with Gasteiger partial charge in [-0.15, -0.1) is 0 Å². The maximum absolute atomic E-state index is 12.3. The van der Waals surface area contributed by atoms with Gasteiger partial charge in [0.2, 0.25) is 0 Å². The molecule has 0 atom stereocenters. The zero-order valence-corrected chi connectivity index (χ0v) is 12.5. The van der Waals surface area contributed by atoms with Crippen LogP contribution in [0.5, 0.6) is 11.5 Å². The minimum Gasteiger partial charge on any atom is -0.490 e. The summed E-state index contributed by atoms with van der Waals surface area (Å²) in [6.45, 7) is 4.94. The number of carbonyl (C=O) groups is 1. The molecule has 3 nitrogen and oxygen atoms in total. The fourth-order valence-corrected chi connectivity index (χ4v) is 2.11. The fraction of sp³-hybridized carbons (Fsp3) is 0.278. The molecule has 0 aromatic heterocycles. The van der Waals surface area contributed by atoms with Crippen LogP contribution in [0.2, 0.25) is 0 Å². The monoisotopic (exact) mass is 284 g/mol. The third-order valence-corrected chi connectivity index (χ3v) is 3.07. The summed E-state index contributed by atoms with van der Waals surface area (Å²) in [4.78, 5) is 12.3. The molecule has 2 rings (SSSR count). The van der Waals surface area contributed by atoms with Crippen LogP contribution < -0.4 is 9.47 Å². The Balaban J connectivity index is 2.19. The number of Topliss-reactive ketones (excluding diaryl/α,β-unsaturated/α-hetero) is 1. The van der Waals surface area contributed by atoms with E-state index < -0.39 is 0 Å². The molecular weight excluding hydrogens is 264 g/mol. The van der Waals surface area contributed by atoms with Crippen molar-refractivity contribution in [1.82, 2.24) is 0 Å². The lowest BCUT2D eigenvalue weighted by molar-refractivity contribution is 0.0992. The maximum Gasteiger partial charge on any atom is 0.167 e. The summed E-state index contributed by atoms with van der Waals surface area (Å²) in [5, 5.41) is 0. The molecule has 0 radical (unpaired) electrons. The van der Waals surface area contributed by atoms with Gasteiger partial charge in [-0.1, -0.05) is 30.3 Å². The Bertz CT molecular complexity index is 591. The average molecular weight is 284 g/mol. The van der Waals surface area contributed by atoms with Crippen LogP contribution in [-0.4, -0.2) is 19.0 Å². The van der Waals surface area contributed by atoms with Crippen LogP contribution in [0.3, 0.4) is 0 Å². The standard InChI is InChI=1S/C18H20O3/c1-3-20-17-11-10-15(13-18(17)21-4-2)16(19)12-14-8-6-5-7-9-14/h5-11,13H,3-4,12H2,1-2H3. The van der Waals surface area contributed by atoms with Crippen LogP contribution in [0.15, 0.2) is 48.5 Å².